The number of fused-ring (bicyclic) bond motifs is 1. The third-order valence-electron chi connectivity index (χ3n) is 8.87. The molecule has 6 rings (SSSR count). The summed E-state index contributed by atoms with van der Waals surface area (Å²) in [6.45, 7) is 8.00. The molecule has 11 nitrogen and oxygen atoms in total. The molecule has 1 fully saturated rings. The van der Waals surface area contributed by atoms with Crippen LogP contribution in [0.2, 0.25) is 5.02 Å². The molecule has 0 radical (unpaired) electrons. The second-order valence-electron chi connectivity index (χ2n) is 11.7. The molecule has 44 heavy (non-hydrogen) atoms. The number of halogens is 1. The van der Waals surface area contributed by atoms with E-state index in [4.69, 9.17) is 26.2 Å². The smallest absolute Gasteiger partial charge is 0.337 e. The molecule has 0 aliphatic carbocycles. The second-order valence-corrected chi connectivity index (χ2v) is 12.1. The zero-order valence-electron chi connectivity index (χ0n) is 25.9. The van der Waals surface area contributed by atoms with Gasteiger partial charge in [-0.15, -0.1) is 5.10 Å². The molecule has 3 aromatic rings. The Morgan fingerprint density at radius 2 is 1.91 bits per heavy atom. The molecular weight excluding hydrogens is 580 g/mol. The van der Waals surface area contributed by atoms with Crippen LogP contribution < -0.4 is 14.5 Å². The quantitative estimate of drug-likeness (QED) is 0.306. The number of carbonyl (C=O) groups excluding carboxylic acids is 1. The zero-order chi connectivity index (χ0) is 30.8. The maximum atomic E-state index is 12.4. The highest BCUT2D eigenvalue weighted by Crippen LogP contribution is 2.41. The summed E-state index contributed by atoms with van der Waals surface area (Å²) in [4.78, 5) is 28.7. The summed E-state index contributed by atoms with van der Waals surface area (Å²) < 4.78 is 13.0. The van der Waals surface area contributed by atoms with Crippen LogP contribution in [0, 0.1) is 0 Å². The average Bonchev–Trinajstić information content (AvgIpc) is 3.73. The maximum Gasteiger partial charge on any atom is 0.337 e. The second kappa shape index (κ2) is 13.0. The van der Waals surface area contributed by atoms with Crippen molar-refractivity contribution in [3.05, 3.63) is 77.0 Å². The van der Waals surface area contributed by atoms with E-state index < -0.39 is 0 Å². The molecule has 0 amide bonds. The van der Waals surface area contributed by atoms with E-state index in [0.717, 1.165) is 69.3 Å². The number of methoxy groups -OCH3 is 1. The van der Waals surface area contributed by atoms with E-state index in [2.05, 4.69) is 56.7 Å². The number of anilines is 2. The lowest BCUT2D eigenvalue weighted by atomic mass is 10.1. The summed E-state index contributed by atoms with van der Waals surface area (Å²) >= 11 is 5.93. The monoisotopic (exact) mass is 620 g/mol. The molecule has 234 valence electrons. The van der Waals surface area contributed by atoms with Crippen molar-refractivity contribution in [2.24, 2.45) is 0 Å². The molecular formula is C32H41ClN8O3. The highest BCUT2D eigenvalue weighted by atomic mass is 35.5. The van der Waals surface area contributed by atoms with Gasteiger partial charge in [-0.05, 0) is 50.1 Å². The number of likely N-dealkylation sites (N-methyl/N-ethyl adjacent to an activating group) is 2. The number of rotatable bonds is 10. The summed E-state index contributed by atoms with van der Waals surface area (Å²) in [6, 6.07) is 11.8. The average molecular weight is 621 g/mol. The summed E-state index contributed by atoms with van der Waals surface area (Å²) in [5.41, 5.74) is 4.87. The van der Waals surface area contributed by atoms with Crippen LogP contribution in [-0.2, 0) is 11.3 Å². The van der Waals surface area contributed by atoms with E-state index >= 15 is 0 Å². The van der Waals surface area contributed by atoms with Gasteiger partial charge in [0.05, 0.1) is 59.7 Å². The third-order valence-corrected chi connectivity index (χ3v) is 9.09. The third kappa shape index (κ3) is 6.30. The van der Waals surface area contributed by atoms with Crippen LogP contribution in [0.5, 0.6) is 5.88 Å². The number of ether oxygens (including phenoxy) is 2. The number of esters is 1. The van der Waals surface area contributed by atoms with E-state index in [-0.39, 0.29) is 12.1 Å². The predicted octanol–water partition coefficient (Wildman–Crippen LogP) is 4.28. The van der Waals surface area contributed by atoms with Gasteiger partial charge in [0.25, 0.3) is 0 Å². The number of benzene rings is 1. The topological polar surface area (TPSA) is 82.4 Å². The van der Waals surface area contributed by atoms with Crippen molar-refractivity contribution in [3.8, 4) is 5.88 Å². The standard InChI is InChI=1S/C32H41ClN8O3/c1-5-39-22-36(2)18-27(39)19-40-29-16-23(32(42)43-4)6-9-28(29)37(3)31(40)20-38-13-10-26(11-14-38)41-15-12-30(35-41)44-21-25-8-7-24(33)17-34-25/h6-9,12,15-18,26,31H,5,10-11,13-14,19-22H2,1-4H3. The zero-order valence-corrected chi connectivity index (χ0v) is 26.7. The van der Waals surface area contributed by atoms with Crippen molar-refractivity contribution in [1.29, 1.82) is 0 Å². The van der Waals surface area contributed by atoms with Crippen LogP contribution in [0.4, 0.5) is 11.4 Å². The number of pyridine rings is 1. The first-order valence-corrected chi connectivity index (χ1v) is 15.6. The Kier molecular flexibility index (Phi) is 8.86. The SMILES string of the molecule is CCN1CN(C)C=C1CN1c2cc(C(=O)OC)ccc2N(C)C1CN1CCC(n2ccc(OCc3ccc(Cl)cn3)n2)CC1. The summed E-state index contributed by atoms with van der Waals surface area (Å²) in [5.74, 6) is 0.286. The summed E-state index contributed by atoms with van der Waals surface area (Å²) in [6.07, 6.45) is 8.02. The van der Waals surface area contributed by atoms with Crippen LogP contribution in [0.15, 0.2) is 60.7 Å². The Morgan fingerprint density at radius 3 is 2.64 bits per heavy atom. The van der Waals surface area contributed by atoms with Crippen molar-refractivity contribution in [2.75, 3.05) is 70.4 Å². The fourth-order valence-corrected chi connectivity index (χ4v) is 6.54. The van der Waals surface area contributed by atoms with Crippen LogP contribution >= 0.6 is 11.6 Å². The number of likely N-dealkylation sites (tertiary alicyclic amines) is 1. The molecule has 1 aromatic carbocycles. The predicted molar refractivity (Wildman–Crippen MR) is 171 cm³/mol. The Bertz CT molecular complexity index is 1490. The largest absolute Gasteiger partial charge is 0.470 e. The van der Waals surface area contributed by atoms with Crippen LogP contribution in [-0.4, -0.2) is 102 Å². The van der Waals surface area contributed by atoms with Crippen LogP contribution in [0.3, 0.4) is 0 Å². The number of piperidine rings is 1. The molecule has 3 aliphatic heterocycles. The van der Waals surface area contributed by atoms with Crippen LogP contribution in [0.1, 0.15) is 41.9 Å². The van der Waals surface area contributed by atoms with Crippen LogP contribution in [0.25, 0.3) is 0 Å². The van der Waals surface area contributed by atoms with Gasteiger partial charge in [0.15, 0.2) is 0 Å². The first-order valence-electron chi connectivity index (χ1n) is 15.2. The highest BCUT2D eigenvalue weighted by molar-refractivity contribution is 6.30. The van der Waals surface area contributed by atoms with E-state index in [9.17, 15) is 4.79 Å². The maximum absolute atomic E-state index is 12.4. The van der Waals surface area contributed by atoms with E-state index in [1.807, 2.05) is 47.3 Å². The fourth-order valence-electron chi connectivity index (χ4n) is 6.43. The Morgan fingerprint density at radius 1 is 1.09 bits per heavy atom. The Labute approximate surface area is 264 Å². The van der Waals surface area contributed by atoms with Gasteiger partial charge >= 0.3 is 5.97 Å². The normalized spacial score (nSPS) is 19.0. The fraction of sp³-hybridized carbons (Fsp3) is 0.469. The summed E-state index contributed by atoms with van der Waals surface area (Å²) in [5, 5.41) is 5.31. The first-order chi connectivity index (χ1) is 21.3. The van der Waals surface area contributed by atoms with Crippen molar-refractivity contribution in [1.82, 2.24) is 29.5 Å². The van der Waals surface area contributed by atoms with Crippen molar-refractivity contribution in [3.63, 3.8) is 0 Å². The molecule has 1 atom stereocenters. The van der Waals surface area contributed by atoms with Gasteiger partial charge in [-0.2, -0.15) is 0 Å². The number of hydrogen-bond donors (Lipinski definition) is 0. The van der Waals surface area contributed by atoms with Crippen molar-refractivity contribution >= 4 is 28.9 Å². The molecule has 1 saturated heterocycles. The van der Waals surface area contributed by atoms with Crippen molar-refractivity contribution < 1.29 is 14.3 Å². The minimum Gasteiger partial charge on any atom is -0.470 e. The first kappa shape index (κ1) is 30.1. The summed E-state index contributed by atoms with van der Waals surface area (Å²) in [7, 11) is 5.70. The lowest BCUT2D eigenvalue weighted by molar-refractivity contribution is 0.0601. The van der Waals surface area contributed by atoms with Gasteiger partial charge in [-0.1, -0.05) is 11.6 Å². The molecule has 0 saturated carbocycles. The molecule has 5 heterocycles. The number of hydrogen-bond acceptors (Lipinski definition) is 10. The number of nitrogens with zero attached hydrogens (tertiary/aromatic N) is 8. The molecule has 12 heteroatoms. The molecule has 2 aromatic heterocycles. The Hall–Kier alpha value is -3.96. The minimum absolute atomic E-state index is 0.131. The van der Waals surface area contributed by atoms with Gasteiger partial charge in [0.1, 0.15) is 12.8 Å². The van der Waals surface area contributed by atoms with E-state index in [1.165, 1.54) is 12.8 Å². The molecule has 1 unspecified atom stereocenters. The highest BCUT2D eigenvalue weighted by Gasteiger charge is 2.37. The lowest BCUT2D eigenvalue weighted by Gasteiger charge is -2.39. The molecule has 0 bridgehead atoms. The number of carbonyl (C=O) groups is 1. The molecule has 3 aliphatic rings. The Balaban J connectivity index is 1.11. The van der Waals surface area contributed by atoms with E-state index in [1.54, 1.807) is 6.20 Å². The lowest BCUT2D eigenvalue weighted by Crippen LogP contribution is -2.52. The van der Waals surface area contributed by atoms with E-state index in [0.29, 0.717) is 29.1 Å². The minimum atomic E-state index is -0.315. The van der Waals surface area contributed by atoms with Gasteiger partial charge < -0.3 is 29.1 Å². The number of aromatic nitrogens is 3. The molecule has 0 N–H and O–H groups in total. The van der Waals surface area contributed by atoms with Gasteiger partial charge in [0.2, 0.25) is 5.88 Å². The van der Waals surface area contributed by atoms with Crippen molar-refractivity contribution in [2.45, 2.75) is 38.6 Å². The molecule has 0 spiro atoms. The van der Waals surface area contributed by atoms with Gasteiger partial charge in [-0.25, -0.2) is 4.79 Å². The van der Waals surface area contributed by atoms with Gasteiger partial charge in [-0.3, -0.25) is 14.6 Å². The van der Waals surface area contributed by atoms with Gasteiger partial charge in [0, 0.05) is 64.9 Å².